The quantitative estimate of drug-likeness (QED) is 0.613. The van der Waals surface area contributed by atoms with Gasteiger partial charge in [-0.3, -0.25) is 14.6 Å². The zero-order chi connectivity index (χ0) is 22.2. The Bertz CT molecular complexity index is 869. The van der Waals surface area contributed by atoms with E-state index in [0.29, 0.717) is 50.6 Å². The number of piperazine rings is 1. The molecule has 1 fully saturated rings. The van der Waals surface area contributed by atoms with Crippen molar-refractivity contribution in [2.24, 2.45) is 0 Å². The number of carbonyl (C=O) groups excluding carboxylic acids is 1. The molecule has 0 N–H and O–H groups in total. The Kier molecular flexibility index (Phi) is 8.26. The fourth-order valence-corrected chi connectivity index (χ4v) is 3.81. The van der Waals surface area contributed by atoms with Crippen LogP contribution >= 0.6 is 0 Å². The Hall–Kier alpha value is -2.64. The topological polar surface area (TPSA) is 45.2 Å². The third-order valence-corrected chi connectivity index (χ3v) is 5.46. The van der Waals surface area contributed by atoms with Crippen LogP contribution in [-0.2, 0) is 17.9 Å². The van der Waals surface area contributed by atoms with Gasteiger partial charge in [-0.05, 0) is 37.7 Å². The summed E-state index contributed by atoms with van der Waals surface area (Å²) in [6.07, 6.45) is 0. The molecule has 0 radical (unpaired) electrons. The van der Waals surface area contributed by atoms with E-state index in [4.69, 9.17) is 9.47 Å². The van der Waals surface area contributed by atoms with Gasteiger partial charge in [0.15, 0.2) is 11.5 Å². The van der Waals surface area contributed by atoms with E-state index < -0.39 is 0 Å². The first-order valence-corrected chi connectivity index (χ1v) is 10.7. The van der Waals surface area contributed by atoms with Crippen LogP contribution in [0.15, 0.2) is 42.5 Å². The van der Waals surface area contributed by atoms with Gasteiger partial charge in [0.2, 0.25) is 5.91 Å². The van der Waals surface area contributed by atoms with Gasteiger partial charge < -0.3 is 14.4 Å². The van der Waals surface area contributed by atoms with Gasteiger partial charge in [0.05, 0.1) is 20.3 Å². The van der Waals surface area contributed by atoms with E-state index in [1.165, 1.54) is 6.07 Å². The smallest absolute Gasteiger partial charge is 0.236 e. The molecule has 2 aromatic rings. The first-order chi connectivity index (χ1) is 15.0. The second-order valence-corrected chi connectivity index (χ2v) is 7.84. The molecule has 1 aliphatic rings. The molecule has 0 saturated carbocycles. The lowest BCUT2D eigenvalue weighted by molar-refractivity contribution is -0.134. The van der Waals surface area contributed by atoms with Gasteiger partial charge in [0.25, 0.3) is 0 Å². The minimum atomic E-state index is -0.173. The van der Waals surface area contributed by atoms with Crippen LogP contribution in [0.1, 0.15) is 18.1 Å². The van der Waals surface area contributed by atoms with E-state index in [1.807, 2.05) is 54.1 Å². The minimum Gasteiger partial charge on any atom is -0.493 e. The lowest BCUT2D eigenvalue weighted by Gasteiger charge is -2.35. The number of methoxy groups -OCH3 is 1. The molecule has 1 heterocycles. The van der Waals surface area contributed by atoms with Gasteiger partial charge in [-0.1, -0.05) is 24.3 Å². The third-order valence-electron chi connectivity index (χ3n) is 5.46. The molecule has 1 amide bonds. The van der Waals surface area contributed by atoms with Gasteiger partial charge >= 0.3 is 0 Å². The van der Waals surface area contributed by atoms with Crippen molar-refractivity contribution in [3.63, 3.8) is 0 Å². The molecule has 0 aromatic heterocycles. The molecular formula is C24H32FN3O3. The number of likely N-dealkylation sites (N-methyl/N-ethyl adjacent to an activating group) is 1. The van der Waals surface area contributed by atoms with Gasteiger partial charge in [-0.15, -0.1) is 0 Å². The summed E-state index contributed by atoms with van der Waals surface area (Å²) in [7, 11) is 3.57. The van der Waals surface area contributed by atoms with Crippen LogP contribution in [0.4, 0.5) is 4.39 Å². The first kappa shape index (κ1) is 23.0. The van der Waals surface area contributed by atoms with Crippen LogP contribution < -0.4 is 9.47 Å². The Morgan fingerprint density at radius 3 is 2.52 bits per heavy atom. The summed E-state index contributed by atoms with van der Waals surface area (Å²) >= 11 is 0. The molecule has 3 rings (SSSR count). The van der Waals surface area contributed by atoms with E-state index in [9.17, 15) is 9.18 Å². The summed E-state index contributed by atoms with van der Waals surface area (Å²) in [4.78, 5) is 18.8. The molecular weight excluding hydrogens is 397 g/mol. The van der Waals surface area contributed by atoms with Crippen molar-refractivity contribution in [2.75, 3.05) is 53.5 Å². The first-order valence-electron chi connectivity index (χ1n) is 10.7. The molecule has 1 saturated heterocycles. The van der Waals surface area contributed by atoms with Crippen molar-refractivity contribution in [3.8, 4) is 11.5 Å². The summed E-state index contributed by atoms with van der Waals surface area (Å²) in [5.74, 6) is 1.37. The van der Waals surface area contributed by atoms with Crippen molar-refractivity contribution in [1.82, 2.24) is 14.7 Å². The number of hydrogen-bond acceptors (Lipinski definition) is 5. The average Bonchev–Trinajstić information content (AvgIpc) is 2.77. The normalized spacial score (nSPS) is 14.7. The van der Waals surface area contributed by atoms with Crippen LogP contribution in [0.3, 0.4) is 0 Å². The van der Waals surface area contributed by atoms with Crippen LogP contribution in [0.5, 0.6) is 11.5 Å². The highest BCUT2D eigenvalue weighted by Gasteiger charge is 2.22. The summed E-state index contributed by atoms with van der Waals surface area (Å²) < 4.78 is 24.8. The summed E-state index contributed by atoms with van der Waals surface area (Å²) in [5, 5.41) is 0. The molecule has 2 aromatic carbocycles. The molecule has 6 nitrogen and oxygen atoms in total. The van der Waals surface area contributed by atoms with E-state index in [-0.39, 0.29) is 11.7 Å². The molecule has 0 bridgehead atoms. The maximum Gasteiger partial charge on any atom is 0.236 e. The monoisotopic (exact) mass is 429 g/mol. The zero-order valence-corrected chi connectivity index (χ0v) is 18.6. The molecule has 0 atom stereocenters. The lowest BCUT2D eigenvalue weighted by Crippen LogP contribution is -2.50. The fraction of sp³-hybridized carbons (Fsp3) is 0.458. The van der Waals surface area contributed by atoms with Crippen LogP contribution in [0.2, 0.25) is 0 Å². The SMILES string of the molecule is CCOc1ccc(CN(C)CC(=O)N2CCN(Cc3ccccc3F)CC2)cc1OC. The average molecular weight is 430 g/mol. The van der Waals surface area contributed by atoms with Gasteiger partial charge in [0, 0.05) is 44.8 Å². The predicted octanol–water partition coefficient (Wildman–Crippen LogP) is 3.01. The largest absolute Gasteiger partial charge is 0.493 e. The van der Waals surface area contributed by atoms with E-state index in [0.717, 1.165) is 24.4 Å². The molecule has 0 spiro atoms. The van der Waals surface area contributed by atoms with Crippen molar-refractivity contribution in [1.29, 1.82) is 0 Å². The van der Waals surface area contributed by atoms with E-state index in [1.54, 1.807) is 13.2 Å². The molecule has 31 heavy (non-hydrogen) atoms. The molecule has 168 valence electrons. The number of ether oxygens (including phenoxy) is 2. The van der Waals surface area contributed by atoms with Gasteiger partial charge in [0.1, 0.15) is 5.82 Å². The highest BCUT2D eigenvalue weighted by Crippen LogP contribution is 2.28. The summed E-state index contributed by atoms with van der Waals surface area (Å²) in [5.41, 5.74) is 1.76. The van der Waals surface area contributed by atoms with Crippen molar-refractivity contribution >= 4 is 5.91 Å². The number of halogens is 1. The van der Waals surface area contributed by atoms with Crippen molar-refractivity contribution in [3.05, 3.63) is 59.4 Å². The molecule has 0 aliphatic carbocycles. The highest BCUT2D eigenvalue weighted by atomic mass is 19.1. The van der Waals surface area contributed by atoms with Crippen molar-refractivity contribution in [2.45, 2.75) is 20.0 Å². The van der Waals surface area contributed by atoms with Gasteiger partial charge in [-0.2, -0.15) is 0 Å². The highest BCUT2D eigenvalue weighted by molar-refractivity contribution is 5.78. The third kappa shape index (κ3) is 6.42. The van der Waals surface area contributed by atoms with E-state index >= 15 is 0 Å². The standard InChI is InChI=1S/C24H32FN3O3/c1-4-31-22-10-9-19(15-23(22)30-3)16-26(2)18-24(29)28-13-11-27(12-14-28)17-20-7-5-6-8-21(20)25/h5-10,15H,4,11-14,16-18H2,1-3H3. The van der Waals surface area contributed by atoms with Crippen LogP contribution in [0.25, 0.3) is 0 Å². The van der Waals surface area contributed by atoms with E-state index in [2.05, 4.69) is 4.90 Å². The number of hydrogen-bond donors (Lipinski definition) is 0. The molecule has 1 aliphatic heterocycles. The minimum absolute atomic E-state index is 0.117. The number of amides is 1. The fourth-order valence-electron chi connectivity index (χ4n) is 3.81. The lowest BCUT2D eigenvalue weighted by atomic mass is 10.2. The Morgan fingerprint density at radius 1 is 1.10 bits per heavy atom. The number of rotatable bonds is 9. The Morgan fingerprint density at radius 2 is 1.84 bits per heavy atom. The second-order valence-electron chi connectivity index (χ2n) is 7.84. The summed E-state index contributed by atoms with van der Waals surface area (Å²) in [6, 6.07) is 12.7. The van der Waals surface area contributed by atoms with Gasteiger partial charge in [-0.25, -0.2) is 4.39 Å². The maximum atomic E-state index is 13.9. The maximum absolute atomic E-state index is 13.9. The number of carbonyl (C=O) groups is 1. The Labute approximate surface area is 184 Å². The van der Waals surface area contributed by atoms with Crippen LogP contribution in [0, 0.1) is 5.82 Å². The zero-order valence-electron chi connectivity index (χ0n) is 18.6. The van der Waals surface area contributed by atoms with Crippen molar-refractivity contribution < 1.29 is 18.7 Å². The van der Waals surface area contributed by atoms with Crippen LogP contribution in [-0.4, -0.2) is 74.1 Å². The summed E-state index contributed by atoms with van der Waals surface area (Å²) in [6.45, 7) is 6.92. The number of benzene rings is 2. The predicted molar refractivity (Wildman–Crippen MR) is 119 cm³/mol. The second kappa shape index (κ2) is 11.1. The molecule has 7 heteroatoms. The molecule has 0 unspecified atom stereocenters. The Balaban J connectivity index is 1.47. The number of nitrogens with zero attached hydrogens (tertiary/aromatic N) is 3.